The molecule has 0 spiro atoms. The minimum Gasteiger partial charge on any atom is -0.462 e. The van der Waals surface area contributed by atoms with E-state index in [4.69, 9.17) is 9.47 Å². The Morgan fingerprint density at radius 3 is 0.714 bits per heavy atom. The van der Waals surface area contributed by atoms with E-state index in [0.29, 0.717) is 12.8 Å². The largest absolute Gasteiger partial charge is 0.462 e. The molecule has 0 saturated heterocycles. The van der Waals surface area contributed by atoms with E-state index in [1.54, 1.807) is 0 Å². The smallest absolute Gasteiger partial charge is 0.306 e. The second-order valence-corrected chi connectivity index (χ2v) is 21.8. The second-order valence-electron chi connectivity index (χ2n) is 21.8. The van der Waals surface area contributed by atoms with Crippen molar-refractivity contribution in [1.29, 1.82) is 0 Å². The van der Waals surface area contributed by atoms with Gasteiger partial charge in [-0.1, -0.05) is 311 Å². The summed E-state index contributed by atoms with van der Waals surface area (Å²) in [5, 5.41) is 9.70. The molecule has 470 valence electrons. The first-order valence-electron chi connectivity index (χ1n) is 34.0. The molecule has 0 aromatic rings. The van der Waals surface area contributed by atoms with Crippen LogP contribution in [0, 0.1) is 0 Å². The highest BCUT2D eigenvalue weighted by molar-refractivity contribution is 5.70. The minimum atomic E-state index is -0.798. The molecule has 0 amide bonds. The number of hydrogen-bond donors (Lipinski definition) is 1. The number of rotatable bonds is 60. The summed E-state index contributed by atoms with van der Waals surface area (Å²) in [6.07, 6.45) is 114. The molecular formula is C79H124O5. The van der Waals surface area contributed by atoms with Crippen molar-refractivity contribution in [2.75, 3.05) is 13.2 Å². The van der Waals surface area contributed by atoms with Crippen LogP contribution in [-0.2, 0) is 19.1 Å². The van der Waals surface area contributed by atoms with Gasteiger partial charge in [0.25, 0.3) is 0 Å². The number of esters is 2. The maximum atomic E-state index is 12.4. The fraction of sp³-hybridized carbons (Fsp3) is 0.570. The standard InChI is InChI=1S/C79H124O5/c1-3-5-7-9-11-13-15-17-19-21-23-25-27-29-31-33-35-37-38-39-40-42-43-45-47-49-51-53-55-57-59-61-63-65-67-69-71-73-78(81)83-76-77(75-80)84-79(82)74-72-70-68-66-64-62-60-58-56-54-52-50-48-46-44-41-36-34-32-30-28-26-24-22-20-18-16-14-12-10-8-6-4-2/h5-8,11-14,17-20,23-26,29-32,35-37,39-41,46,48,52,54,58,60,77,80H,3-4,9-10,15-16,21-22,27-28,33-34,38,42-45,47,49-51,53,55-57,59,61-76H2,1-2H3/b7-5-,8-6-,13-11-,14-12-,19-17-,20-18-,25-23-,26-24-,31-29-,32-30-,37-35-,40-39-,41-36-,48-46-,54-52-,60-58-. The molecular weight excluding hydrogens is 1030 g/mol. The Morgan fingerprint density at radius 2 is 0.476 bits per heavy atom. The summed E-state index contributed by atoms with van der Waals surface area (Å²) < 4.78 is 10.7. The van der Waals surface area contributed by atoms with Crippen molar-refractivity contribution in [2.24, 2.45) is 0 Å². The van der Waals surface area contributed by atoms with Crippen LogP contribution in [0.15, 0.2) is 194 Å². The summed E-state index contributed by atoms with van der Waals surface area (Å²) in [6.45, 7) is 3.89. The van der Waals surface area contributed by atoms with E-state index in [9.17, 15) is 14.7 Å². The normalized spacial score (nSPS) is 13.5. The van der Waals surface area contributed by atoms with Gasteiger partial charge < -0.3 is 14.6 Å². The maximum absolute atomic E-state index is 12.4. The molecule has 0 bridgehead atoms. The first-order chi connectivity index (χ1) is 41.6. The first kappa shape index (κ1) is 78.7. The van der Waals surface area contributed by atoms with Gasteiger partial charge in [0.1, 0.15) is 6.61 Å². The molecule has 0 aromatic carbocycles. The van der Waals surface area contributed by atoms with Gasteiger partial charge in [-0.25, -0.2) is 0 Å². The predicted molar refractivity (Wildman–Crippen MR) is 370 cm³/mol. The summed E-state index contributed by atoms with van der Waals surface area (Å²) >= 11 is 0. The van der Waals surface area contributed by atoms with E-state index in [-0.39, 0.29) is 25.2 Å². The Labute approximate surface area is 518 Å². The van der Waals surface area contributed by atoms with E-state index in [2.05, 4.69) is 208 Å². The number of carbonyl (C=O) groups excluding carboxylic acids is 2. The maximum Gasteiger partial charge on any atom is 0.306 e. The zero-order chi connectivity index (χ0) is 60.5. The Bertz CT molecular complexity index is 1930. The van der Waals surface area contributed by atoms with Gasteiger partial charge in [0, 0.05) is 12.8 Å². The molecule has 0 rings (SSSR count). The summed E-state index contributed by atoms with van der Waals surface area (Å²) in [7, 11) is 0. The molecule has 1 atom stereocenters. The molecule has 5 nitrogen and oxygen atoms in total. The van der Waals surface area contributed by atoms with E-state index >= 15 is 0 Å². The molecule has 1 unspecified atom stereocenters. The molecule has 5 heteroatoms. The van der Waals surface area contributed by atoms with Crippen molar-refractivity contribution < 1.29 is 24.2 Å². The van der Waals surface area contributed by atoms with Crippen LogP contribution in [0.25, 0.3) is 0 Å². The van der Waals surface area contributed by atoms with Gasteiger partial charge in [-0.05, 0) is 141 Å². The molecule has 84 heavy (non-hydrogen) atoms. The van der Waals surface area contributed by atoms with Crippen LogP contribution in [0.4, 0.5) is 0 Å². The van der Waals surface area contributed by atoms with Crippen molar-refractivity contribution in [2.45, 2.75) is 277 Å². The lowest BCUT2D eigenvalue weighted by Gasteiger charge is -2.15. The average Bonchev–Trinajstić information content (AvgIpc) is 3.51. The van der Waals surface area contributed by atoms with Crippen LogP contribution in [0.5, 0.6) is 0 Å². The van der Waals surface area contributed by atoms with E-state index < -0.39 is 6.10 Å². The highest BCUT2D eigenvalue weighted by Gasteiger charge is 2.16. The lowest BCUT2D eigenvalue weighted by Crippen LogP contribution is -2.28. The number of ether oxygens (including phenoxy) is 2. The SMILES string of the molecule is CC/C=C\C/C=C\C/C=C\C/C=C\C/C=C\C/C=C\C/C=C\C/C=C\C/C=C\CCCCCCCC(=O)OC(CO)COC(=O)CCCCCCCCCCCCCCCCC/C=C\C/C=C\C/C=C\C/C=C\C/C=C\C/C=C\C/C=C\CC. The number of aliphatic hydroxyl groups is 1. The number of carbonyl (C=O) groups is 2. The highest BCUT2D eigenvalue weighted by atomic mass is 16.6. The van der Waals surface area contributed by atoms with E-state index in [0.717, 1.165) is 161 Å². The average molecular weight is 1150 g/mol. The molecule has 0 aromatic heterocycles. The third-order valence-corrected chi connectivity index (χ3v) is 13.9. The third-order valence-electron chi connectivity index (χ3n) is 13.9. The molecule has 1 N–H and O–H groups in total. The molecule has 0 aliphatic carbocycles. The Hall–Kier alpha value is -5.26. The topological polar surface area (TPSA) is 72.8 Å². The van der Waals surface area contributed by atoms with Crippen LogP contribution in [0.2, 0.25) is 0 Å². The van der Waals surface area contributed by atoms with Crippen LogP contribution in [0.3, 0.4) is 0 Å². The molecule has 0 radical (unpaired) electrons. The van der Waals surface area contributed by atoms with Crippen LogP contribution < -0.4 is 0 Å². The number of allylic oxidation sites excluding steroid dienone is 32. The highest BCUT2D eigenvalue weighted by Crippen LogP contribution is 2.15. The number of unbranched alkanes of at least 4 members (excludes halogenated alkanes) is 20. The Kier molecular flexibility index (Phi) is 67.5. The fourth-order valence-electron chi connectivity index (χ4n) is 8.88. The van der Waals surface area contributed by atoms with Crippen molar-refractivity contribution in [3.05, 3.63) is 194 Å². The molecule has 0 aliphatic rings. The zero-order valence-corrected chi connectivity index (χ0v) is 53.8. The zero-order valence-electron chi connectivity index (χ0n) is 53.8. The summed E-state index contributed by atoms with van der Waals surface area (Å²) in [5.74, 6) is -0.622. The lowest BCUT2D eigenvalue weighted by molar-refractivity contribution is -0.161. The molecule has 0 aliphatic heterocycles. The van der Waals surface area contributed by atoms with E-state index in [1.165, 1.54) is 83.5 Å². The number of hydrogen-bond acceptors (Lipinski definition) is 5. The molecule has 0 fully saturated rings. The van der Waals surface area contributed by atoms with Gasteiger partial charge in [0.2, 0.25) is 0 Å². The monoisotopic (exact) mass is 1150 g/mol. The van der Waals surface area contributed by atoms with Crippen molar-refractivity contribution in [1.82, 2.24) is 0 Å². The van der Waals surface area contributed by atoms with Crippen molar-refractivity contribution in [3.8, 4) is 0 Å². The van der Waals surface area contributed by atoms with Crippen LogP contribution in [-0.4, -0.2) is 36.4 Å². The van der Waals surface area contributed by atoms with Gasteiger partial charge in [0.05, 0.1) is 6.61 Å². The van der Waals surface area contributed by atoms with Crippen LogP contribution >= 0.6 is 0 Å². The predicted octanol–water partition coefficient (Wildman–Crippen LogP) is 24.0. The fourth-order valence-corrected chi connectivity index (χ4v) is 8.88. The van der Waals surface area contributed by atoms with Gasteiger partial charge in [0.15, 0.2) is 6.10 Å². The second kappa shape index (κ2) is 72.0. The Balaban J connectivity index is 3.59. The minimum absolute atomic E-state index is 0.0850. The lowest BCUT2D eigenvalue weighted by atomic mass is 10.0. The van der Waals surface area contributed by atoms with Crippen molar-refractivity contribution >= 4 is 11.9 Å². The summed E-state index contributed by atoms with van der Waals surface area (Å²) in [4.78, 5) is 24.6. The van der Waals surface area contributed by atoms with Crippen LogP contribution in [0.1, 0.15) is 271 Å². The van der Waals surface area contributed by atoms with E-state index in [1.807, 2.05) is 0 Å². The molecule has 0 heterocycles. The molecule has 0 saturated carbocycles. The Morgan fingerprint density at radius 1 is 0.274 bits per heavy atom. The van der Waals surface area contributed by atoms with Crippen molar-refractivity contribution in [3.63, 3.8) is 0 Å². The first-order valence-corrected chi connectivity index (χ1v) is 34.0. The van der Waals surface area contributed by atoms with Gasteiger partial charge in [-0.3, -0.25) is 9.59 Å². The number of aliphatic hydroxyl groups excluding tert-OH is 1. The quantitative estimate of drug-likeness (QED) is 0.0373. The van der Waals surface area contributed by atoms with Gasteiger partial charge >= 0.3 is 11.9 Å². The van der Waals surface area contributed by atoms with Gasteiger partial charge in [-0.2, -0.15) is 0 Å². The third kappa shape index (κ3) is 69.2. The van der Waals surface area contributed by atoms with Gasteiger partial charge in [-0.15, -0.1) is 0 Å². The summed E-state index contributed by atoms with van der Waals surface area (Å²) in [5.41, 5.74) is 0. The summed E-state index contributed by atoms with van der Waals surface area (Å²) in [6, 6.07) is 0.